The molecule has 1 fully saturated rings. The Bertz CT molecular complexity index is 1140. The Morgan fingerprint density at radius 2 is 2.00 bits per heavy atom. The van der Waals surface area contributed by atoms with Crippen molar-refractivity contribution in [3.8, 4) is 0 Å². The fourth-order valence-electron chi connectivity index (χ4n) is 3.77. The van der Waals surface area contributed by atoms with Crippen LogP contribution in [0.3, 0.4) is 0 Å². The number of sulfonamides is 1. The van der Waals surface area contributed by atoms with Crippen LogP contribution in [-0.4, -0.2) is 45.2 Å². The third-order valence-electron chi connectivity index (χ3n) is 5.30. The second-order valence-corrected chi connectivity index (χ2v) is 9.24. The summed E-state index contributed by atoms with van der Waals surface area (Å²) in [4.78, 5) is 25.6. The van der Waals surface area contributed by atoms with Crippen LogP contribution in [0.4, 0.5) is 15.8 Å². The van der Waals surface area contributed by atoms with Crippen LogP contribution in [0, 0.1) is 18.7 Å². The Balaban J connectivity index is 1.89. The minimum absolute atomic E-state index is 0.0359. The van der Waals surface area contributed by atoms with Gasteiger partial charge in [-0.3, -0.25) is 9.52 Å². The Morgan fingerprint density at radius 3 is 2.69 bits per heavy atom. The Kier molecular flexibility index (Phi) is 7.02. The van der Waals surface area contributed by atoms with Crippen molar-refractivity contribution in [1.82, 2.24) is 0 Å². The normalized spacial score (nSPS) is 16.5. The molecule has 1 atom stereocenters. The molecule has 2 aromatic carbocycles. The molecular weight excluding hydrogens is 439 g/mol. The Labute approximate surface area is 186 Å². The molecule has 2 N–H and O–H groups in total. The Morgan fingerprint density at radius 1 is 1.25 bits per heavy atom. The van der Waals surface area contributed by atoms with Crippen molar-refractivity contribution >= 4 is 33.3 Å². The maximum Gasteiger partial charge on any atom is 0.337 e. The number of nitrogens with zero attached hydrogens (tertiary/aromatic N) is 1. The molecule has 0 bridgehead atoms. The number of aromatic carboxylic acids is 1. The predicted octanol–water partition coefficient (Wildman–Crippen LogP) is 3.41. The highest BCUT2D eigenvalue weighted by molar-refractivity contribution is 7.92. The van der Waals surface area contributed by atoms with E-state index in [1.165, 1.54) is 31.2 Å². The summed E-state index contributed by atoms with van der Waals surface area (Å²) in [6, 6.07) is 7.60. The summed E-state index contributed by atoms with van der Waals surface area (Å²) in [6.45, 7) is 4.41. The number of anilines is 2. The summed E-state index contributed by atoms with van der Waals surface area (Å²) in [5, 5.41) is 9.73. The lowest BCUT2D eigenvalue weighted by Crippen LogP contribution is -2.40. The zero-order valence-corrected chi connectivity index (χ0v) is 18.6. The minimum atomic E-state index is -4.13. The van der Waals surface area contributed by atoms with Crippen molar-refractivity contribution in [2.24, 2.45) is 5.92 Å². The molecular formula is C22H25FN2O6S. The number of carbonyl (C=O) groups excluding carboxylic acids is 1. The molecule has 8 nitrogen and oxygen atoms in total. The summed E-state index contributed by atoms with van der Waals surface area (Å²) < 4.78 is 46.5. The number of hydrogen-bond acceptors (Lipinski definition) is 6. The average molecular weight is 465 g/mol. The molecule has 0 aliphatic carbocycles. The van der Waals surface area contributed by atoms with Gasteiger partial charge in [0.15, 0.2) is 0 Å². The maximum atomic E-state index is 13.6. The highest BCUT2D eigenvalue weighted by Crippen LogP contribution is 2.30. The molecule has 1 heterocycles. The van der Waals surface area contributed by atoms with E-state index >= 15 is 0 Å². The molecule has 1 aliphatic heterocycles. The van der Waals surface area contributed by atoms with Crippen LogP contribution < -0.4 is 9.62 Å². The second-order valence-electron chi connectivity index (χ2n) is 7.59. The van der Waals surface area contributed by atoms with E-state index in [0.29, 0.717) is 37.2 Å². The first-order valence-corrected chi connectivity index (χ1v) is 11.7. The summed E-state index contributed by atoms with van der Waals surface area (Å²) in [5.41, 5.74) is 0.670. The standard InChI is InChI=1S/C22H25FN2O6S/c1-3-31-22(28)15-5-4-10-25(13-15)19-9-8-17(12-18(19)21(26)27)24-32(29,30)20-11-16(23)7-6-14(20)2/h6-9,11-12,15,24H,3-5,10,13H2,1-2H3,(H,26,27). The molecule has 0 spiro atoms. The lowest BCUT2D eigenvalue weighted by molar-refractivity contribution is -0.148. The number of hydrogen-bond donors (Lipinski definition) is 2. The molecule has 0 amide bonds. The van der Waals surface area contributed by atoms with Gasteiger partial charge in [0.1, 0.15) is 5.82 Å². The SMILES string of the molecule is CCOC(=O)C1CCCN(c2ccc(NS(=O)(=O)c3cc(F)ccc3C)cc2C(=O)O)C1. The third-order valence-corrected chi connectivity index (χ3v) is 6.82. The molecule has 0 aromatic heterocycles. The number of halogens is 1. The fraction of sp³-hybridized carbons (Fsp3) is 0.364. The molecule has 0 radical (unpaired) electrons. The van der Waals surface area contributed by atoms with Crippen LogP contribution in [0.1, 0.15) is 35.7 Å². The number of esters is 1. The van der Waals surface area contributed by atoms with E-state index in [2.05, 4.69) is 4.72 Å². The van der Waals surface area contributed by atoms with Crippen molar-refractivity contribution in [2.75, 3.05) is 29.3 Å². The smallest absolute Gasteiger partial charge is 0.337 e. The molecule has 32 heavy (non-hydrogen) atoms. The van der Waals surface area contributed by atoms with Gasteiger partial charge in [-0.25, -0.2) is 17.6 Å². The number of ether oxygens (including phenoxy) is 1. The van der Waals surface area contributed by atoms with Gasteiger partial charge >= 0.3 is 11.9 Å². The number of carbonyl (C=O) groups is 2. The van der Waals surface area contributed by atoms with Crippen molar-refractivity contribution in [1.29, 1.82) is 0 Å². The average Bonchev–Trinajstić information content (AvgIpc) is 2.75. The predicted molar refractivity (Wildman–Crippen MR) is 117 cm³/mol. The van der Waals surface area contributed by atoms with Crippen molar-refractivity contribution in [3.63, 3.8) is 0 Å². The van der Waals surface area contributed by atoms with E-state index in [4.69, 9.17) is 4.74 Å². The quantitative estimate of drug-likeness (QED) is 0.604. The highest BCUT2D eigenvalue weighted by atomic mass is 32.2. The van der Waals surface area contributed by atoms with E-state index in [1.807, 2.05) is 0 Å². The number of piperidine rings is 1. The van der Waals surface area contributed by atoms with Crippen LogP contribution in [0.5, 0.6) is 0 Å². The largest absolute Gasteiger partial charge is 0.478 e. The molecule has 172 valence electrons. The number of carboxylic acids is 1. The molecule has 2 aromatic rings. The lowest BCUT2D eigenvalue weighted by atomic mass is 9.97. The van der Waals surface area contributed by atoms with Gasteiger partial charge in [-0.1, -0.05) is 6.07 Å². The fourth-order valence-corrected chi connectivity index (χ4v) is 5.08. The number of aryl methyl sites for hydroxylation is 1. The van der Waals surface area contributed by atoms with Crippen LogP contribution in [0.15, 0.2) is 41.3 Å². The molecule has 0 saturated carbocycles. The number of rotatable bonds is 7. The summed E-state index contributed by atoms with van der Waals surface area (Å²) in [7, 11) is -4.13. The molecule has 1 unspecified atom stereocenters. The van der Waals surface area contributed by atoms with Gasteiger partial charge in [0, 0.05) is 18.8 Å². The van der Waals surface area contributed by atoms with E-state index < -0.39 is 21.8 Å². The van der Waals surface area contributed by atoms with Crippen molar-refractivity contribution in [2.45, 2.75) is 31.6 Å². The van der Waals surface area contributed by atoms with Gasteiger partial charge < -0.3 is 14.7 Å². The van der Waals surface area contributed by atoms with Crippen LogP contribution in [0.25, 0.3) is 0 Å². The van der Waals surface area contributed by atoms with E-state index in [1.54, 1.807) is 11.8 Å². The summed E-state index contributed by atoms with van der Waals surface area (Å²) >= 11 is 0. The van der Waals surface area contributed by atoms with Gasteiger partial charge in [0.2, 0.25) is 0 Å². The van der Waals surface area contributed by atoms with E-state index in [-0.39, 0.29) is 34.6 Å². The monoisotopic (exact) mass is 464 g/mol. The zero-order chi connectivity index (χ0) is 23.5. The van der Waals surface area contributed by atoms with Gasteiger partial charge in [-0.2, -0.15) is 0 Å². The molecule has 3 rings (SSSR count). The first-order chi connectivity index (χ1) is 15.1. The summed E-state index contributed by atoms with van der Waals surface area (Å²) in [5.74, 6) is -2.61. The first-order valence-electron chi connectivity index (χ1n) is 10.2. The van der Waals surface area contributed by atoms with E-state index in [0.717, 1.165) is 12.1 Å². The van der Waals surface area contributed by atoms with Crippen molar-refractivity contribution in [3.05, 3.63) is 53.3 Å². The number of carboxylic acid groups (broad SMARTS) is 1. The molecule has 10 heteroatoms. The molecule has 1 saturated heterocycles. The minimum Gasteiger partial charge on any atom is -0.478 e. The summed E-state index contributed by atoms with van der Waals surface area (Å²) in [6.07, 6.45) is 1.35. The van der Waals surface area contributed by atoms with Gasteiger partial charge in [-0.05, 0) is 62.6 Å². The molecule has 1 aliphatic rings. The number of benzene rings is 2. The van der Waals surface area contributed by atoms with Gasteiger partial charge in [-0.15, -0.1) is 0 Å². The third kappa shape index (κ3) is 5.18. The second kappa shape index (κ2) is 9.56. The van der Waals surface area contributed by atoms with E-state index in [9.17, 15) is 27.5 Å². The van der Waals surface area contributed by atoms with Crippen LogP contribution in [0.2, 0.25) is 0 Å². The van der Waals surface area contributed by atoms with Gasteiger partial charge in [0.25, 0.3) is 10.0 Å². The van der Waals surface area contributed by atoms with Crippen LogP contribution >= 0.6 is 0 Å². The zero-order valence-electron chi connectivity index (χ0n) is 17.8. The number of nitrogens with one attached hydrogen (secondary N) is 1. The van der Waals surface area contributed by atoms with Gasteiger partial charge in [0.05, 0.1) is 28.7 Å². The van der Waals surface area contributed by atoms with Crippen LogP contribution in [-0.2, 0) is 19.6 Å². The lowest BCUT2D eigenvalue weighted by Gasteiger charge is -2.34. The topological polar surface area (TPSA) is 113 Å². The highest BCUT2D eigenvalue weighted by Gasteiger charge is 2.29. The maximum absolute atomic E-state index is 13.6. The van der Waals surface area contributed by atoms with Crippen molar-refractivity contribution < 1.29 is 32.2 Å². The Hall–Kier alpha value is -3.14. The first kappa shape index (κ1) is 23.5.